The summed E-state index contributed by atoms with van der Waals surface area (Å²) >= 11 is 0. The Labute approximate surface area is 90.2 Å². The summed E-state index contributed by atoms with van der Waals surface area (Å²) in [6.07, 6.45) is 5.49. The molecule has 0 amide bonds. The Hall–Kier alpha value is -0.970. The lowest BCUT2D eigenvalue weighted by Crippen LogP contribution is -2.46. The quantitative estimate of drug-likeness (QED) is 0.504. The van der Waals surface area contributed by atoms with Crippen molar-refractivity contribution in [3.05, 3.63) is 30.1 Å². The van der Waals surface area contributed by atoms with Crippen LogP contribution in [0.5, 0.6) is 0 Å². The zero-order chi connectivity index (χ0) is 10.5. The molecule has 1 aliphatic rings. The van der Waals surface area contributed by atoms with Crippen molar-refractivity contribution in [1.29, 1.82) is 0 Å². The second-order valence-corrected chi connectivity index (χ2v) is 3.96. The number of hydrogen-bond donors (Lipinski definition) is 3. The molecule has 2 atom stereocenters. The van der Waals surface area contributed by atoms with E-state index in [-0.39, 0.29) is 6.04 Å². The zero-order valence-electron chi connectivity index (χ0n) is 8.82. The molecule has 0 aromatic carbocycles. The molecule has 4 N–H and O–H groups in total. The Balaban J connectivity index is 2.09. The third-order valence-electron chi connectivity index (χ3n) is 2.94. The summed E-state index contributed by atoms with van der Waals surface area (Å²) in [4.78, 5) is 4.34. The number of pyridine rings is 1. The highest BCUT2D eigenvalue weighted by Crippen LogP contribution is 2.20. The van der Waals surface area contributed by atoms with Crippen LogP contribution in [0.15, 0.2) is 24.4 Å². The zero-order valence-corrected chi connectivity index (χ0v) is 8.82. The van der Waals surface area contributed by atoms with Gasteiger partial charge in [0.2, 0.25) is 0 Å². The molecule has 15 heavy (non-hydrogen) atoms. The Kier molecular flexibility index (Phi) is 3.66. The number of nitrogens with zero attached hydrogens (tertiary/aromatic N) is 1. The molecule has 0 spiro atoms. The Bertz CT molecular complexity index is 282. The van der Waals surface area contributed by atoms with Gasteiger partial charge in [-0.25, -0.2) is 5.43 Å². The SMILES string of the molecule is NNC(c1ccccn1)C1CCCCN1. The molecule has 4 heteroatoms. The van der Waals surface area contributed by atoms with Crippen LogP contribution in [0.1, 0.15) is 31.0 Å². The molecule has 1 aromatic rings. The molecule has 1 saturated heterocycles. The number of hydrogen-bond acceptors (Lipinski definition) is 4. The number of hydrazine groups is 1. The minimum Gasteiger partial charge on any atom is -0.312 e. The smallest absolute Gasteiger partial charge is 0.0784 e. The van der Waals surface area contributed by atoms with Crippen molar-refractivity contribution >= 4 is 0 Å². The molecule has 0 aliphatic carbocycles. The maximum atomic E-state index is 5.61. The van der Waals surface area contributed by atoms with Crippen molar-refractivity contribution < 1.29 is 0 Å². The van der Waals surface area contributed by atoms with E-state index in [9.17, 15) is 0 Å². The number of piperidine rings is 1. The Morgan fingerprint density at radius 3 is 3.00 bits per heavy atom. The number of nitrogens with two attached hydrogens (primary N) is 1. The van der Waals surface area contributed by atoms with Crippen LogP contribution in [0.2, 0.25) is 0 Å². The van der Waals surface area contributed by atoms with Crippen LogP contribution in [0.3, 0.4) is 0 Å². The van der Waals surface area contributed by atoms with E-state index < -0.39 is 0 Å². The largest absolute Gasteiger partial charge is 0.312 e. The fraction of sp³-hybridized carbons (Fsp3) is 0.545. The molecule has 2 heterocycles. The summed E-state index contributed by atoms with van der Waals surface area (Å²) in [6, 6.07) is 6.45. The van der Waals surface area contributed by atoms with E-state index in [0.717, 1.165) is 18.7 Å². The first-order valence-electron chi connectivity index (χ1n) is 5.52. The standard InChI is InChI=1S/C11H18N4/c12-15-11(9-5-1-3-7-13-9)10-6-2-4-8-14-10/h1,3,5,7,10-11,14-15H,2,4,6,8,12H2. The average Bonchev–Trinajstić information content (AvgIpc) is 2.33. The van der Waals surface area contributed by atoms with Gasteiger partial charge in [0.25, 0.3) is 0 Å². The van der Waals surface area contributed by atoms with Crippen molar-refractivity contribution in [2.75, 3.05) is 6.54 Å². The van der Waals surface area contributed by atoms with Crippen LogP contribution in [0.4, 0.5) is 0 Å². The summed E-state index contributed by atoms with van der Waals surface area (Å²) in [5, 5.41) is 3.49. The van der Waals surface area contributed by atoms with E-state index >= 15 is 0 Å². The highest BCUT2D eigenvalue weighted by atomic mass is 15.3. The normalized spacial score (nSPS) is 23.7. The van der Waals surface area contributed by atoms with Crippen molar-refractivity contribution in [2.45, 2.75) is 31.3 Å². The highest BCUT2D eigenvalue weighted by molar-refractivity contribution is 5.11. The van der Waals surface area contributed by atoms with Crippen molar-refractivity contribution in [2.24, 2.45) is 5.84 Å². The number of aromatic nitrogens is 1. The molecule has 0 bridgehead atoms. The van der Waals surface area contributed by atoms with Crippen LogP contribution >= 0.6 is 0 Å². The molecule has 1 aliphatic heterocycles. The van der Waals surface area contributed by atoms with Gasteiger partial charge in [-0.1, -0.05) is 12.5 Å². The number of nitrogens with one attached hydrogen (secondary N) is 2. The van der Waals surface area contributed by atoms with E-state index in [2.05, 4.69) is 15.7 Å². The molecule has 2 unspecified atom stereocenters. The first kappa shape index (κ1) is 10.5. The fourth-order valence-corrected chi connectivity index (χ4v) is 2.13. The summed E-state index contributed by atoms with van der Waals surface area (Å²) in [5.74, 6) is 5.61. The molecule has 0 radical (unpaired) electrons. The van der Waals surface area contributed by atoms with Gasteiger partial charge in [0.15, 0.2) is 0 Å². The van der Waals surface area contributed by atoms with Gasteiger partial charge in [0, 0.05) is 12.2 Å². The molecule has 1 aromatic heterocycles. The summed E-state index contributed by atoms with van der Waals surface area (Å²) in [5.41, 5.74) is 3.88. The van der Waals surface area contributed by atoms with E-state index in [1.807, 2.05) is 24.4 Å². The van der Waals surface area contributed by atoms with Gasteiger partial charge >= 0.3 is 0 Å². The van der Waals surface area contributed by atoms with Crippen LogP contribution in [0.25, 0.3) is 0 Å². The van der Waals surface area contributed by atoms with Crippen molar-refractivity contribution in [3.8, 4) is 0 Å². The number of rotatable bonds is 3. The van der Waals surface area contributed by atoms with Gasteiger partial charge in [-0.2, -0.15) is 0 Å². The topological polar surface area (TPSA) is 63.0 Å². The second-order valence-electron chi connectivity index (χ2n) is 3.96. The first-order chi connectivity index (χ1) is 7.42. The molecule has 1 fully saturated rings. The predicted octanol–water partition coefficient (Wildman–Crippen LogP) is 0.728. The highest BCUT2D eigenvalue weighted by Gasteiger charge is 2.24. The van der Waals surface area contributed by atoms with Gasteiger partial charge in [-0.3, -0.25) is 10.8 Å². The van der Waals surface area contributed by atoms with Crippen LogP contribution in [-0.4, -0.2) is 17.6 Å². The van der Waals surface area contributed by atoms with Crippen LogP contribution in [0, 0.1) is 0 Å². The minimum absolute atomic E-state index is 0.117. The summed E-state index contributed by atoms with van der Waals surface area (Å²) in [6.45, 7) is 1.08. The van der Waals surface area contributed by atoms with Crippen LogP contribution in [-0.2, 0) is 0 Å². The van der Waals surface area contributed by atoms with E-state index in [1.54, 1.807) is 0 Å². The lowest BCUT2D eigenvalue weighted by molar-refractivity contribution is 0.313. The van der Waals surface area contributed by atoms with Gasteiger partial charge in [0.05, 0.1) is 11.7 Å². The van der Waals surface area contributed by atoms with E-state index in [0.29, 0.717) is 6.04 Å². The Morgan fingerprint density at radius 1 is 1.47 bits per heavy atom. The fourth-order valence-electron chi connectivity index (χ4n) is 2.13. The van der Waals surface area contributed by atoms with Crippen LogP contribution < -0.4 is 16.6 Å². The van der Waals surface area contributed by atoms with Crippen molar-refractivity contribution in [1.82, 2.24) is 15.7 Å². The second kappa shape index (κ2) is 5.21. The minimum atomic E-state index is 0.117. The molecular formula is C11H18N4. The van der Waals surface area contributed by atoms with Gasteiger partial charge in [-0.05, 0) is 31.5 Å². The lowest BCUT2D eigenvalue weighted by atomic mass is 9.96. The third kappa shape index (κ3) is 2.53. The first-order valence-corrected chi connectivity index (χ1v) is 5.52. The average molecular weight is 206 g/mol. The maximum Gasteiger partial charge on any atom is 0.0784 e. The van der Waals surface area contributed by atoms with Crippen molar-refractivity contribution in [3.63, 3.8) is 0 Å². The molecular weight excluding hydrogens is 188 g/mol. The van der Waals surface area contributed by atoms with Gasteiger partial charge in [0.1, 0.15) is 0 Å². The monoisotopic (exact) mass is 206 g/mol. The third-order valence-corrected chi connectivity index (χ3v) is 2.94. The molecule has 0 saturated carbocycles. The maximum absolute atomic E-state index is 5.61. The lowest BCUT2D eigenvalue weighted by Gasteiger charge is -2.30. The molecule has 82 valence electrons. The summed E-state index contributed by atoms with van der Waals surface area (Å²) < 4.78 is 0. The molecule has 2 rings (SSSR count). The Morgan fingerprint density at radius 2 is 2.40 bits per heavy atom. The van der Waals surface area contributed by atoms with E-state index in [1.165, 1.54) is 12.8 Å². The van der Waals surface area contributed by atoms with Gasteiger partial charge in [-0.15, -0.1) is 0 Å². The predicted molar refractivity (Wildman–Crippen MR) is 59.9 cm³/mol. The van der Waals surface area contributed by atoms with E-state index in [4.69, 9.17) is 5.84 Å². The van der Waals surface area contributed by atoms with Gasteiger partial charge < -0.3 is 5.32 Å². The molecule has 4 nitrogen and oxygen atoms in total. The summed E-state index contributed by atoms with van der Waals surface area (Å²) in [7, 11) is 0.